The summed E-state index contributed by atoms with van der Waals surface area (Å²) in [6.07, 6.45) is 9.47. The van der Waals surface area contributed by atoms with Gasteiger partial charge in [0.1, 0.15) is 36.4 Å². The molecule has 54 heavy (non-hydrogen) atoms. The molecule has 0 fully saturated rings. The van der Waals surface area contributed by atoms with Crippen molar-refractivity contribution in [3.05, 3.63) is 106 Å². The number of aromatic nitrogens is 1. The highest BCUT2D eigenvalue weighted by Crippen LogP contribution is 2.49. The minimum absolute atomic E-state index is 0.0233. The Morgan fingerprint density at radius 2 is 1.52 bits per heavy atom. The zero-order valence-corrected chi connectivity index (χ0v) is 31.4. The van der Waals surface area contributed by atoms with Crippen molar-refractivity contribution in [3.63, 3.8) is 0 Å². The molecule has 8 N–H and O–H groups in total. The van der Waals surface area contributed by atoms with Crippen LogP contribution in [0.4, 0.5) is 0 Å². The van der Waals surface area contributed by atoms with Crippen molar-refractivity contribution >= 4 is 17.2 Å². The third kappa shape index (κ3) is 10.0. The lowest BCUT2D eigenvalue weighted by atomic mass is 9.65. The third-order valence-electron chi connectivity index (χ3n) is 9.97. The van der Waals surface area contributed by atoms with E-state index in [4.69, 9.17) is 25.8 Å². The molecule has 0 saturated carbocycles. The average Bonchev–Trinajstić information content (AvgIpc) is 3.20. The van der Waals surface area contributed by atoms with E-state index in [9.17, 15) is 35.9 Å². The summed E-state index contributed by atoms with van der Waals surface area (Å²) in [5.41, 5.74) is -0.622. The van der Waals surface area contributed by atoms with Gasteiger partial charge in [-0.15, -0.1) is 0 Å². The molecule has 1 aromatic heterocycles. The maximum Gasteiger partial charge on any atom is 0.141 e. The number of benzene rings is 2. The quantitative estimate of drug-likeness (QED) is 0.0693. The number of pyridine rings is 1. The van der Waals surface area contributed by atoms with E-state index in [1.807, 2.05) is 42.5 Å². The van der Waals surface area contributed by atoms with Crippen LogP contribution in [0.3, 0.4) is 0 Å². The summed E-state index contributed by atoms with van der Waals surface area (Å²) >= 11 is 6.86. The summed E-state index contributed by atoms with van der Waals surface area (Å²) < 4.78 is 19.5. The minimum Gasteiger partial charge on any atom is -0.488 e. The van der Waals surface area contributed by atoms with Crippen molar-refractivity contribution in [2.24, 2.45) is 5.41 Å². The lowest BCUT2D eigenvalue weighted by molar-refractivity contribution is -0.0921. The fraction of sp³-hybridized carbons (Fsp3) is 0.450. The molecule has 4 rings (SSSR count). The number of halogens is 1. The highest BCUT2D eigenvalue weighted by atomic mass is 35.5. The molecule has 0 aliphatic heterocycles. The standard InChI is InChI=1S/C40H51ClN4O9/c1-37(2)33(31-8-4-3-5-9-31)10-6-11-40(37,54-13-7-12-44-38(22-46,23-47)24-48)28-53-36-16-35(52-21-30-14-29(17-42)18-43-19-30)32(15-34(36)41)20-45-39(25-49,26-50)27-51/h3-6,8-11,14-16,18-19,44-51H,7,12-13,20-28H2,1-2H3. The Morgan fingerprint density at radius 3 is 2.17 bits per heavy atom. The van der Waals surface area contributed by atoms with Crippen LogP contribution in [0.1, 0.15) is 42.5 Å². The molecule has 2 aromatic carbocycles. The highest BCUT2D eigenvalue weighted by Gasteiger charge is 2.49. The molecule has 1 unspecified atom stereocenters. The minimum atomic E-state index is -1.36. The molecule has 1 aliphatic rings. The number of nitrogens with one attached hydrogen (secondary N) is 2. The van der Waals surface area contributed by atoms with Gasteiger partial charge in [-0.1, -0.05) is 67.9 Å². The number of hydrogen-bond acceptors (Lipinski definition) is 13. The molecule has 3 aromatic rings. The molecule has 14 heteroatoms. The van der Waals surface area contributed by atoms with Gasteiger partial charge in [-0.05, 0) is 42.3 Å². The number of ether oxygens (including phenoxy) is 3. The monoisotopic (exact) mass is 766 g/mol. The van der Waals surface area contributed by atoms with Crippen LogP contribution in [0.25, 0.3) is 5.57 Å². The number of rotatable bonds is 22. The van der Waals surface area contributed by atoms with Crippen LogP contribution in [0.15, 0.2) is 79.2 Å². The van der Waals surface area contributed by atoms with Crippen molar-refractivity contribution in [2.75, 3.05) is 59.4 Å². The predicted molar refractivity (Wildman–Crippen MR) is 204 cm³/mol. The Labute approximate surface area is 321 Å². The van der Waals surface area contributed by atoms with Gasteiger partial charge in [0.25, 0.3) is 0 Å². The van der Waals surface area contributed by atoms with Crippen molar-refractivity contribution in [1.82, 2.24) is 15.6 Å². The van der Waals surface area contributed by atoms with Gasteiger partial charge in [0.05, 0.1) is 61.3 Å². The molecule has 1 heterocycles. The van der Waals surface area contributed by atoms with Gasteiger partial charge in [-0.3, -0.25) is 4.98 Å². The van der Waals surface area contributed by atoms with Crippen LogP contribution in [0.2, 0.25) is 5.02 Å². The normalized spacial score (nSPS) is 16.9. The molecule has 0 bridgehead atoms. The molecule has 0 saturated heterocycles. The smallest absolute Gasteiger partial charge is 0.141 e. The van der Waals surface area contributed by atoms with Gasteiger partial charge in [0.2, 0.25) is 0 Å². The molecule has 292 valence electrons. The predicted octanol–water partition coefficient (Wildman–Crippen LogP) is 2.50. The first-order valence-electron chi connectivity index (χ1n) is 17.7. The van der Waals surface area contributed by atoms with E-state index in [0.717, 1.165) is 11.1 Å². The second-order valence-corrected chi connectivity index (χ2v) is 14.4. The molecule has 0 spiro atoms. The average molecular weight is 767 g/mol. The number of aliphatic hydroxyl groups excluding tert-OH is 6. The summed E-state index contributed by atoms with van der Waals surface area (Å²) in [5, 5.41) is 74.5. The van der Waals surface area contributed by atoms with E-state index < -0.39 is 61.7 Å². The molecule has 1 aliphatic carbocycles. The van der Waals surface area contributed by atoms with E-state index in [0.29, 0.717) is 41.2 Å². The fourth-order valence-corrected chi connectivity index (χ4v) is 6.29. The molecule has 0 radical (unpaired) electrons. The summed E-state index contributed by atoms with van der Waals surface area (Å²) in [6.45, 7) is 2.02. The van der Waals surface area contributed by atoms with Gasteiger partial charge in [-0.2, -0.15) is 5.26 Å². The van der Waals surface area contributed by atoms with E-state index in [1.165, 1.54) is 6.20 Å². The summed E-state index contributed by atoms with van der Waals surface area (Å²) in [7, 11) is 0. The maximum atomic E-state index is 9.89. The van der Waals surface area contributed by atoms with Crippen LogP contribution in [0, 0.1) is 16.7 Å². The number of hydrogen-bond donors (Lipinski definition) is 8. The number of allylic oxidation sites excluding steroid dienone is 2. The number of nitriles is 1. The Balaban J connectivity index is 1.65. The molecular weight excluding hydrogens is 716 g/mol. The van der Waals surface area contributed by atoms with Crippen molar-refractivity contribution in [2.45, 2.75) is 50.1 Å². The Bertz CT molecular complexity index is 1740. The van der Waals surface area contributed by atoms with Gasteiger partial charge in [0.15, 0.2) is 0 Å². The van der Waals surface area contributed by atoms with Crippen molar-refractivity contribution in [3.8, 4) is 17.6 Å². The summed E-state index contributed by atoms with van der Waals surface area (Å²) in [5.74, 6) is 0.650. The maximum absolute atomic E-state index is 9.89. The van der Waals surface area contributed by atoms with E-state index in [1.54, 1.807) is 24.4 Å². The Morgan fingerprint density at radius 1 is 0.852 bits per heavy atom. The molecular formula is C40H51ClN4O9. The topological polar surface area (TPSA) is 210 Å². The van der Waals surface area contributed by atoms with E-state index in [2.05, 4.69) is 41.6 Å². The van der Waals surface area contributed by atoms with Crippen molar-refractivity contribution < 1.29 is 44.8 Å². The van der Waals surface area contributed by atoms with Crippen LogP contribution in [0.5, 0.6) is 11.5 Å². The van der Waals surface area contributed by atoms with Crippen LogP contribution in [-0.4, -0.2) is 112 Å². The van der Waals surface area contributed by atoms with Crippen molar-refractivity contribution in [1.29, 1.82) is 5.26 Å². The van der Waals surface area contributed by atoms with Gasteiger partial charge >= 0.3 is 0 Å². The second-order valence-electron chi connectivity index (χ2n) is 14.0. The van der Waals surface area contributed by atoms with Gasteiger partial charge in [0, 0.05) is 48.2 Å². The third-order valence-corrected chi connectivity index (χ3v) is 10.3. The fourth-order valence-electron chi connectivity index (χ4n) is 6.05. The zero-order valence-electron chi connectivity index (χ0n) is 30.7. The number of aliphatic hydroxyl groups is 6. The van der Waals surface area contributed by atoms with Crippen LogP contribution < -0.4 is 20.1 Å². The van der Waals surface area contributed by atoms with E-state index in [-0.39, 0.29) is 31.4 Å². The molecule has 13 nitrogen and oxygen atoms in total. The molecule has 0 amide bonds. The largest absolute Gasteiger partial charge is 0.488 e. The lowest BCUT2D eigenvalue weighted by Gasteiger charge is -2.47. The first-order valence-corrected chi connectivity index (χ1v) is 18.0. The van der Waals surface area contributed by atoms with E-state index >= 15 is 0 Å². The second kappa shape index (κ2) is 19.6. The summed E-state index contributed by atoms with van der Waals surface area (Å²) in [4.78, 5) is 4.11. The van der Waals surface area contributed by atoms with Crippen LogP contribution in [-0.2, 0) is 17.9 Å². The lowest BCUT2D eigenvalue weighted by Crippen LogP contribution is -2.55. The first-order chi connectivity index (χ1) is 26.0. The number of nitrogens with zero attached hydrogens (tertiary/aromatic N) is 2. The highest BCUT2D eigenvalue weighted by molar-refractivity contribution is 6.32. The Hall–Kier alpha value is -3.91. The first kappa shape index (κ1) is 42.8. The Kier molecular flexibility index (Phi) is 15.6. The van der Waals surface area contributed by atoms with Crippen LogP contribution >= 0.6 is 11.6 Å². The van der Waals surface area contributed by atoms with Gasteiger partial charge < -0.3 is 55.5 Å². The SMILES string of the molecule is CC1(C)C(c2ccccc2)=CC=CC1(COc1cc(OCc2cncc(C#N)c2)c(CNC(CO)(CO)CO)cc1Cl)OCCCNC(CO)(CO)CO. The van der Waals surface area contributed by atoms with Gasteiger partial charge in [-0.25, -0.2) is 0 Å². The summed E-state index contributed by atoms with van der Waals surface area (Å²) in [6, 6.07) is 17.0. The molecule has 1 atom stereocenters. The zero-order chi connectivity index (χ0) is 39.2.